The lowest BCUT2D eigenvalue weighted by Gasteiger charge is -2.46. The van der Waals surface area contributed by atoms with Crippen LogP contribution in [0.25, 0.3) is 6.08 Å². The van der Waals surface area contributed by atoms with Crippen molar-refractivity contribution in [3.63, 3.8) is 0 Å². The van der Waals surface area contributed by atoms with E-state index in [0.717, 1.165) is 38.2 Å². The minimum absolute atomic E-state index is 0.441. The van der Waals surface area contributed by atoms with Gasteiger partial charge in [0.15, 0.2) is 5.60 Å². The Hall–Kier alpha value is -1.85. The van der Waals surface area contributed by atoms with E-state index in [1.54, 1.807) is 0 Å². The normalized spacial score (nSPS) is 21.5. The number of benzene rings is 1. The molecular formula is C21H29NO4. The number of rotatable bonds is 8. The molecule has 5 heteroatoms. The highest BCUT2D eigenvalue weighted by Gasteiger charge is 2.50. The third kappa shape index (κ3) is 3.79. The molecule has 1 fully saturated rings. The van der Waals surface area contributed by atoms with Crippen molar-refractivity contribution in [1.82, 2.24) is 4.90 Å². The van der Waals surface area contributed by atoms with Gasteiger partial charge in [-0.3, -0.25) is 4.90 Å². The molecule has 1 heterocycles. The zero-order chi connectivity index (χ0) is 18.7. The number of methoxy groups -OCH3 is 1. The summed E-state index contributed by atoms with van der Waals surface area (Å²) in [6, 6.07) is 6.34. The molecular weight excluding hydrogens is 330 g/mol. The van der Waals surface area contributed by atoms with E-state index in [0.29, 0.717) is 19.0 Å². The Morgan fingerprint density at radius 3 is 2.81 bits per heavy atom. The van der Waals surface area contributed by atoms with Crippen LogP contribution in [-0.4, -0.2) is 54.9 Å². The van der Waals surface area contributed by atoms with Gasteiger partial charge in [-0.05, 0) is 42.0 Å². The summed E-state index contributed by atoms with van der Waals surface area (Å²) in [4.78, 5) is 13.5. The van der Waals surface area contributed by atoms with Gasteiger partial charge in [-0.2, -0.15) is 0 Å². The molecule has 1 aromatic rings. The molecule has 0 saturated carbocycles. The van der Waals surface area contributed by atoms with Gasteiger partial charge in [0.1, 0.15) is 5.75 Å². The first kappa shape index (κ1) is 18.9. The predicted molar refractivity (Wildman–Crippen MR) is 102 cm³/mol. The first-order valence-corrected chi connectivity index (χ1v) is 9.44. The van der Waals surface area contributed by atoms with E-state index >= 15 is 0 Å². The summed E-state index contributed by atoms with van der Waals surface area (Å²) in [7, 11) is 1.48. The first-order chi connectivity index (χ1) is 12.5. The number of ether oxygens (including phenoxy) is 2. The van der Waals surface area contributed by atoms with E-state index in [4.69, 9.17) is 9.47 Å². The average molecular weight is 359 g/mol. The molecule has 1 aromatic carbocycles. The number of likely N-dealkylation sites (tertiary alicyclic amines) is 1. The van der Waals surface area contributed by atoms with Crippen molar-refractivity contribution in [1.29, 1.82) is 0 Å². The van der Waals surface area contributed by atoms with Gasteiger partial charge in [-0.1, -0.05) is 38.0 Å². The smallest absolute Gasteiger partial charge is 0.338 e. The molecule has 26 heavy (non-hydrogen) atoms. The van der Waals surface area contributed by atoms with Gasteiger partial charge in [-0.15, -0.1) is 0 Å². The number of nitrogens with zero attached hydrogens (tertiary/aromatic N) is 1. The van der Waals surface area contributed by atoms with Gasteiger partial charge >= 0.3 is 5.97 Å². The Bertz CT molecular complexity index is 691. The summed E-state index contributed by atoms with van der Waals surface area (Å²) in [5.41, 5.74) is 2.90. The molecule has 0 amide bonds. The molecule has 3 rings (SSSR count). The van der Waals surface area contributed by atoms with Crippen molar-refractivity contribution in [2.75, 3.05) is 33.4 Å². The summed E-state index contributed by atoms with van der Waals surface area (Å²) in [5.74, 6) is 0.522. The van der Waals surface area contributed by atoms with Crippen molar-refractivity contribution in [2.24, 2.45) is 5.92 Å². The Morgan fingerprint density at radius 1 is 1.38 bits per heavy atom. The fraction of sp³-hybridized carbons (Fsp3) is 0.571. The number of carboxylic acid groups (broad SMARTS) is 1. The maximum absolute atomic E-state index is 11.3. The van der Waals surface area contributed by atoms with Crippen molar-refractivity contribution < 1.29 is 19.4 Å². The van der Waals surface area contributed by atoms with Crippen LogP contribution in [0.5, 0.6) is 5.75 Å². The van der Waals surface area contributed by atoms with Crippen LogP contribution in [0.4, 0.5) is 0 Å². The number of carbonyl (C=O) groups is 1. The number of hydrogen-bond donors (Lipinski definition) is 1. The Kier molecular flexibility index (Phi) is 5.68. The van der Waals surface area contributed by atoms with E-state index in [-0.39, 0.29) is 0 Å². The van der Waals surface area contributed by atoms with Gasteiger partial charge in [0.2, 0.25) is 0 Å². The Balaban J connectivity index is 1.65. The highest BCUT2D eigenvalue weighted by Crippen LogP contribution is 2.33. The highest BCUT2D eigenvalue weighted by molar-refractivity contribution is 5.79. The van der Waals surface area contributed by atoms with Crippen LogP contribution in [0.3, 0.4) is 0 Å². The molecule has 0 aromatic heterocycles. The minimum Gasteiger partial charge on any atom is -0.494 e. The van der Waals surface area contributed by atoms with Gasteiger partial charge < -0.3 is 14.6 Å². The predicted octanol–water partition coefficient (Wildman–Crippen LogP) is 3.23. The van der Waals surface area contributed by atoms with Crippen molar-refractivity contribution in [2.45, 2.75) is 38.7 Å². The Morgan fingerprint density at radius 2 is 2.15 bits per heavy atom. The first-order valence-electron chi connectivity index (χ1n) is 9.44. The zero-order valence-corrected chi connectivity index (χ0v) is 16.0. The van der Waals surface area contributed by atoms with Crippen molar-refractivity contribution in [3.8, 4) is 5.75 Å². The number of aliphatic carboxylic acids is 1. The SMILES string of the molecule is CCCCOc1ccc2c(c1)C[C@@H](C)C(CN1CC(OC)(C(=O)O)C1)=C2. The molecule has 142 valence electrons. The molecule has 0 unspecified atom stereocenters. The van der Waals surface area contributed by atoms with E-state index in [9.17, 15) is 9.90 Å². The standard InChI is InChI=1S/C21H29NO4/c1-4-5-8-26-19-7-6-16-10-18(15(2)9-17(16)11-19)12-22-13-21(14-22,25-3)20(23)24/h6-7,10-11,15H,4-5,8-9,12-14H2,1-3H3,(H,23,24)/t15-/m1/s1. The topological polar surface area (TPSA) is 59.0 Å². The van der Waals surface area contributed by atoms with Crippen molar-refractivity contribution >= 4 is 12.0 Å². The Labute approximate surface area is 155 Å². The fourth-order valence-corrected chi connectivity index (χ4v) is 3.73. The summed E-state index contributed by atoms with van der Waals surface area (Å²) < 4.78 is 11.0. The lowest BCUT2D eigenvalue weighted by Crippen LogP contribution is -2.67. The average Bonchev–Trinajstić information content (AvgIpc) is 2.58. The molecule has 1 saturated heterocycles. The maximum Gasteiger partial charge on any atom is 0.338 e. The van der Waals surface area contributed by atoms with Crippen LogP contribution >= 0.6 is 0 Å². The summed E-state index contributed by atoms with van der Waals surface area (Å²) >= 11 is 0. The van der Waals surface area contributed by atoms with E-state index in [2.05, 4.69) is 37.0 Å². The lowest BCUT2D eigenvalue weighted by molar-refractivity contribution is -0.184. The summed E-state index contributed by atoms with van der Waals surface area (Å²) in [5, 5.41) is 9.31. The molecule has 1 atom stereocenters. The molecule has 0 bridgehead atoms. The van der Waals surface area contributed by atoms with Gasteiger partial charge in [-0.25, -0.2) is 4.79 Å². The fourth-order valence-electron chi connectivity index (χ4n) is 3.73. The number of hydrogen-bond acceptors (Lipinski definition) is 4. The molecule has 0 radical (unpaired) electrons. The minimum atomic E-state index is -1.03. The third-order valence-corrected chi connectivity index (χ3v) is 5.53. The molecule has 2 aliphatic rings. The summed E-state index contributed by atoms with van der Waals surface area (Å²) in [6.07, 6.45) is 5.46. The second kappa shape index (κ2) is 7.80. The second-order valence-corrected chi connectivity index (χ2v) is 7.54. The quantitative estimate of drug-likeness (QED) is 0.722. The van der Waals surface area contributed by atoms with Crippen molar-refractivity contribution in [3.05, 3.63) is 34.9 Å². The number of carboxylic acids is 1. The number of unbranched alkanes of at least 4 members (excludes halogenated alkanes) is 1. The molecule has 1 aliphatic heterocycles. The zero-order valence-electron chi connectivity index (χ0n) is 16.0. The molecule has 5 nitrogen and oxygen atoms in total. The van der Waals surface area contributed by atoms with Crippen LogP contribution in [0.15, 0.2) is 23.8 Å². The van der Waals surface area contributed by atoms with Crippen LogP contribution in [0.1, 0.15) is 37.8 Å². The third-order valence-electron chi connectivity index (χ3n) is 5.53. The van der Waals surface area contributed by atoms with Gasteiger partial charge in [0.05, 0.1) is 6.61 Å². The number of fused-ring (bicyclic) bond motifs is 1. The van der Waals surface area contributed by atoms with Gasteiger partial charge in [0.25, 0.3) is 0 Å². The van der Waals surface area contributed by atoms with Crippen LogP contribution in [0.2, 0.25) is 0 Å². The molecule has 1 N–H and O–H groups in total. The highest BCUT2D eigenvalue weighted by atomic mass is 16.5. The largest absolute Gasteiger partial charge is 0.494 e. The van der Waals surface area contributed by atoms with Crippen LogP contribution < -0.4 is 4.74 Å². The van der Waals surface area contributed by atoms with E-state index < -0.39 is 11.6 Å². The second-order valence-electron chi connectivity index (χ2n) is 7.54. The molecule has 0 spiro atoms. The monoisotopic (exact) mass is 359 g/mol. The van der Waals surface area contributed by atoms with Gasteiger partial charge in [0, 0.05) is 26.7 Å². The van der Waals surface area contributed by atoms with E-state index in [1.807, 2.05) is 6.07 Å². The van der Waals surface area contributed by atoms with Crippen LogP contribution in [0, 0.1) is 5.92 Å². The summed E-state index contributed by atoms with van der Waals surface area (Å²) in [6.45, 7) is 6.86. The van der Waals surface area contributed by atoms with E-state index in [1.165, 1.54) is 23.8 Å². The lowest BCUT2D eigenvalue weighted by atomic mass is 9.83. The van der Waals surface area contributed by atoms with Crippen LogP contribution in [-0.2, 0) is 16.0 Å². The molecule has 1 aliphatic carbocycles. The maximum atomic E-state index is 11.3.